The highest BCUT2D eigenvalue weighted by Gasteiger charge is 2.29. The molecule has 3 rings (SSSR count). The molecule has 0 aliphatic heterocycles. The van der Waals surface area contributed by atoms with Crippen molar-refractivity contribution in [3.63, 3.8) is 0 Å². The monoisotopic (exact) mass is 349 g/mol. The summed E-state index contributed by atoms with van der Waals surface area (Å²) < 4.78 is 14.1. The van der Waals surface area contributed by atoms with Crippen LogP contribution in [0.2, 0.25) is 0 Å². The third-order valence-corrected chi connectivity index (χ3v) is 7.19. The topological polar surface area (TPSA) is 29.1 Å². The quantitative estimate of drug-likeness (QED) is 0.637. The molecule has 2 nitrogen and oxygen atoms in total. The first-order valence-electron chi connectivity index (χ1n) is 8.69. The normalized spacial score (nSPS) is 12.7. The Morgan fingerprint density at radius 2 is 1.28 bits per heavy atom. The number of benzene rings is 3. The molecule has 0 amide bonds. The first kappa shape index (κ1) is 17.7. The summed E-state index contributed by atoms with van der Waals surface area (Å²) in [6, 6.07) is 28.0. The molecule has 0 aromatic heterocycles. The van der Waals surface area contributed by atoms with E-state index < -0.39 is 7.29 Å². The minimum absolute atomic E-state index is 0.0341. The van der Waals surface area contributed by atoms with Gasteiger partial charge in [0, 0.05) is 16.7 Å². The van der Waals surface area contributed by atoms with E-state index in [0.29, 0.717) is 0 Å². The zero-order valence-electron chi connectivity index (χ0n) is 14.7. The Morgan fingerprint density at radius 3 is 1.72 bits per heavy atom. The van der Waals surface area contributed by atoms with E-state index in [1.807, 2.05) is 60.7 Å². The highest BCUT2D eigenvalue weighted by Crippen LogP contribution is 2.42. The van der Waals surface area contributed by atoms with Gasteiger partial charge < -0.3 is 0 Å². The van der Waals surface area contributed by atoms with Crippen LogP contribution in [-0.2, 0) is 4.57 Å². The summed E-state index contributed by atoms with van der Waals surface area (Å²) in [5.41, 5.74) is 2.40. The Morgan fingerprint density at radius 1 is 0.800 bits per heavy atom. The third-order valence-electron chi connectivity index (χ3n) is 4.47. The summed E-state index contributed by atoms with van der Waals surface area (Å²) in [5, 5.41) is 5.18. The average molecular weight is 349 g/mol. The molecule has 1 N–H and O–H groups in total. The second-order valence-electron chi connectivity index (χ2n) is 6.28. The third kappa shape index (κ3) is 3.92. The highest BCUT2D eigenvalue weighted by molar-refractivity contribution is 7.76. The van der Waals surface area contributed by atoms with E-state index in [1.54, 1.807) is 0 Å². The second kappa shape index (κ2) is 7.82. The van der Waals surface area contributed by atoms with Gasteiger partial charge in [-0.3, -0.25) is 9.65 Å². The Hall–Kier alpha value is -2.15. The fourth-order valence-corrected chi connectivity index (χ4v) is 5.54. The molecular formula is C22H24NOP. The maximum atomic E-state index is 14.1. The van der Waals surface area contributed by atoms with E-state index in [4.69, 9.17) is 0 Å². The lowest BCUT2D eigenvalue weighted by molar-refractivity contribution is 0.555. The van der Waals surface area contributed by atoms with Crippen molar-refractivity contribution in [3.05, 3.63) is 96.1 Å². The van der Waals surface area contributed by atoms with Crippen molar-refractivity contribution in [2.45, 2.75) is 26.3 Å². The van der Waals surface area contributed by atoms with E-state index in [0.717, 1.165) is 17.0 Å². The van der Waals surface area contributed by atoms with E-state index in [9.17, 15) is 4.57 Å². The molecule has 0 radical (unpaired) electrons. The fourth-order valence-electron chi connectivity index (χ4n) is 2.99. The number of hydrogen-bond donors (Lipinski definition) is 1. The molecule has 0 unspecified atom stereocenters. The zero-order valence-corrected chi connectivity index (χ0v) is 15.6. The molecule has 3 aromatic carbocycles. The van der Waals surface area contributed by atoms with Crippen LogP contribution in [0.3, 0.4) is 0 Å². The van der Waals surface area contributed by atoms with E-state index in [2.05, 4.69) is 43.2 Å². The van der Waals surface area contributed by atoms with Gasteiger partial charge in [0.25, 0.3) is 0 Å². The fraction of sp³-hybridized carbons (Fsp3) is 0.182. The summed E-state index contributed by atoms with van der Waals surface area (Å²) in [6.45, 7) is 4.20. The van der Waals surface area contributed by atoms with Crippen LogP contribution in [0.5, 0.6) is 0 Å². The van der Waals surface area contributed by atoms with E-state index >= 15 is 0 Å². The van der Waals surface area contributed by atoms with Crippen molar-refractivity contribution in [1.82, 2.24) is 5.09 Å². The number of nitrogens with one attached hydrogen (secondary N) is 1. The molecule has 0 saturated heterocycles. The van der Waals surface area contributed by atoms with Crippen LogP contribution in [0.15, 0.2) is 84.9 Å². The lowest BCUT2D eigenvalue weighted by atomic mass is 10.0. The Labute approximate surface area is 150 Å². The van der Waals surface area contributed by atoms with Crippen molar-refractivity contribution in [2.75, 3.05) is 0 Å². The molecule has 0 aliphatic rings. The van der Waals surface area contributed by atoms with Crippen molar-refractivity contribution in [1.29, 1.82) is 0 Å². The van der Waals surface area contributed by atoms with Gasteiger partial charge in [0.15, 0.2) is 0 Å². The summed E-state index contributed by atoms with van der Waals surface area (Å²) in [4.78, 5) is 0. The molecule has 0 saturated carbocycles. The maximum absolute atomic E-state index is 14.1. The van der Waals surface area contributed by atoms with Crippen LogP contribution in [-0.4, -0.2) is 0 Å². The Bertz CT molecular complexity index is 801. The van der Waals surface area contributed by atoms with Gasteiger partial charge in [-0.1, -0.05) is 73.2 Å². The Kier molecular flexibility index (Phi) is 5.53. The molecule has 0 aliphatic carbocycles. The van der Waals surface area contributed by atoms with Gasteiger partial charge in [-0.15, -0.1) is 0 Å². The highest BCUT2D eigenvalue weighted by atomic mass is 31.2. The zero-order chi connectivity index (χ0) is 17.7. The maximum Gasteiger partial charge on any atom is 0.205 e. The van der Waals surface area contributed by atoms with Gasteiger partial charge in [-0.2, -0.15) is 0 Å². The van der Waals surface area contributed by atoms with Gasteiger partial charge in [-0.05, 0) is 43.2 Å². The molecule has 3 aromatic rings. The van der Waals surface area contributed by atoms with Gasteiger partial charge in [-0.25, -0.2) is 0 Å². The number of rotatable bonds is 6. The SMILES string of the molecule is CC[C@H](NP(=O)(c1ccccc1)c1ccccc1)c1ccc(C)cc1. The minimum Gasteiger partial charge on any atom is -0.297 e. The second-order valence-corrected chi connectivity index (χ2v) is 8.79. The first-order chi connectivity index (χ1) is 12.1. The summed E-state index contributed by atoms with van der Waals surface area (Å²) in [7, 11) is -2.92. The summed E-state index contributed by atoms with van der Waals surface area (Å²) in [6.07, 6.45) is 0.868. The van der Waals surface area contributed by atoms with Crippen LogP contribution in [0.1, 0.15) is 30.5 Å². The molecule has 0 fully saturated rings. The predicted molar refractivity (Wildman–Crippen MR) is 107 cm³/mol. The molecule has 0 bridgehead atoms. The molecule has 3 heteroatoms. The lowest BCUT2D eigenvalue weighted by Crippen LogP contribution is -2.30. The van der Waals surface area contributed by atoms with Crippen LogP contribution in [0, 0.1) is 6.92 Å². The lowest BCUT2D eigenvalue weighted by Gasteiger charge is -2.26. The van der Waals surface area contributed by atoms with Gasteiger partial charge in [0.05, 0.1) is 0 Å². The molecule has 0 spiro atoms. The van der Waals surface area contributed by atoms with Gasteiger partial charge in [0.1, 0.15) is 0 Å². The minimum atomic E-state index is -2.92. The van der Waals surface area contributed by atoms with E-state index in [-0.39, 0.29) is 6.04 Å². The largest absolute Gasteiger partial charge is 0.297 e. The van der Waals surface area contributed by atoms with Crippen molar-refractivity contribution in [3.8, 4) is 0 Å². The van der Waals surface area contributed by atoms with Crippen molar-refractivity contribution < 1.29 is 4.57 Å². The van der Waals surface area contributed by atoms with E-state index in [1.165, 1.54) is 11.1 Å². The summed E-state index contributed by atoms with van der Waals surface area (Å²) in [5.74, 6) is 0. The average Bonchev–Trinajstić information content (AvgIpc) is 2.68. The number of aryl methyl sites for hydroxylation is 1. The predicted octanol–water partition coefficient (Wildman–Crippen LogP) is 4.96. The van der Waals surface area contributed by atoms with Crippen LogP contribution in [0.4, 0.5) is 0 Å². The van der Waals surface area contributed by atoms with Crippen LogP contribution < -0.4 is 15.7 Å². The summed E-state index contributed by atoms with van der Waals surface area (Å²) >= 11 is 0. The number of hydrogen-bond acceptors (Lipinski definition) is 1. The molecule has 1 atom stereocenters. The Balaban J connectivity index is 2.03. The first-order valence-corrected chi connectivity index (χ1v) is 10.4. The van der Waals surface area contributed by atoms with Gasteiger partial charge in [0.2, 0.25) is 7.29 Å². The molecular weight excluding hydrogens is 325 g/mol. The van der Waals surface area contributed by atoms with Crippen LogP contribution in [0.25, 0.3) is 0 Å². The smallest absolute Gasteiger partial charge is 0.205 e. The molecule has 128 valence electrons. The molecule has 25 heavy (non-hydrogen) atoms. The van der Waals surface area contributed by atoms with Gasteiger partial charge >= 0.3 is 0 Å². The van der Waals surface area contributed by atoms with Crippen molar-refractivity contribution >= 4 is 17.9 Å². The standard InChI is InChI=1S/C22H24NOP/c1-3-22(19-16-14-18(2)15-17-19)23-25(24,20-10-6-4-7-11-20)21-12-8-5-9-13-21/h4-17,22H,3H2,1-2H3,(H,23,24)/t22-/m0/s1. The van der Waals surface area contributed by atoms with Crippen molar-refractivity contribution in [2.24, 2.45) is 0 Å². The van der Waals surface area contributed by atoms with Crippen LogP contribution >= 0.6 is 7.29 Å². The molecule has 0 heterocycles.